The third kappa shape index (κ3) is 4.83. The van der Waals surface area contributed by atoms with Crippen LogP contribution < -0.4 is 24.2 Å². The van der Waals surface area contributed by atoms with E-state index in [0.29, 0.717) is 40.7 Å². The Kier molecular flexibility index (Phi) is 6.47. The van der Waals surface area contributed by atoms with Gasteiger partial charge in [0, 0.05) is 30.4 Å². The lowest BCUT2D eigenvalue weighted by atomic mass is 10.1. The summed E-state index contributed by atoms with van der Waals surface area (Å²) in [6.45, 7) is 0.653. The van der Waals surface area contributed by atoms with Gasteiger partial charge in [0.2, 0.25) is 0 Å². The molecule has 0 radical (unpaired) electrons. The first kappa shape index (κ1) is 25.3. The second-order valence-corrected chi connectivity index (χ2v) is 11.2. The molecule has 3 N–H and O–H groups in total. The molecule has 39 heavy (non-hydrogen) atoms. The van der Waals surface area contributed by atoms with Gasteiger partial charge in [0.05, 0.1) is 38.5 Å². The second-order valence-electron chi connectivity index (χ2n) is 9.55. The van der Waals surface area contributed by atoms with Crippen LogP contribution in [0, 0.1) is 0 Å². The quantitative estimate of drug-likeness (QED) is 0.248. The number of rotatable bonds is 10. The van der Waals surface area contributed by atoms with Crippen molar-refractivity contribution in [3.05, 3.63) is 41.6 Å². The van der Waals surface area contributed by atoms with Gasteiger partial charge >= 0.3 is 0 Å². The van der Waals surface area contributed by atoms with Crippen molar-refractivity contribution in [2.24, 2.45) is 0 Å². The minimum absolute atomic E-state index is 0.00190. The fourth-order valence-electron chi connectivity index (χ4n) is 4.82. The first-order chi connectivity index (χ1) is 18.9. The van der Waals surface area contributed by atoms with Crippen molar-refractivity contribution in [2.45, 2.75) is 42.6 Å². The number of nitrogens with zero attached hydrogens (tertiary/aromatic N) is 2. The number of hydrogen-bond acceptors (Lipinski definition) is 10. The van der Waals surface area contributed by atoms with E-state index in [-0.39, 0.29) is 28.3 Å². The van der Waals surface area contributed by atoms with E-state index < -0.39 is 10.0 Å². The predicted molar refractivity (Wildman–Crippen MR) is 143 cm³/mol. The fraction of sp³-hybridized carbons (Fsp3) is 0.385. The smallest absolute Gasteiger partial charge is 0.270 e. The van der Waals surface area contributed by atoms with Gasteiger partial charge in [-0.25, -0.2) is 8.42 Å². The summed E-state index contributed by atoms with van der Waals surface area (Å²) in [6.07, 6.45) is 3.94. The number of nitrogens with one attached hydrogen (secondary N) is 3. The average Bonchev–Trinajstić information content (AvgIpc) is 3.29. The lowest BCUT2D eigenvalue weighted by Gasteiger charge is -2.18. The largest absolute Gasteiger partial charge is 0.495 e. The highest BCUT2D eigenvalue weighted by atomic mass is 32.2. The van der Waals surface area contributed by atoms with Crippen molar-refractivity contribution in [3.8, 4) is 17.2 Å². The van der Waals surface area contributed by atoms with Crippen LogP contribution in [0.1, 0.15) is 49.0 Å². The van der Waals surface area contributed by atoms with Gasteiger partial charge in [0.1, 0.15) is 17.2 Å². The van der Waals surface area contributed by atoms with Crippen molar-refractivity contribution < 1.29 is 31.9 Å². The van der Waals surface area contributed by atoms with Crippen LogP contribution in [0.25, 0.3) is 11.0 Å². The Balaban J connectivity index is 1.32. The van der Waals surface area contributed by atoms with E-state index in [2.05, 4.69) is 25.4 Å². The van der Waals surface area contributed by atoms with Crippen LogP contribution >= 0.6 is 0 Å². The zero-order chi connectivity index (χ0) is 27.1. The number of anilines is 3. The molecule has 206 valence electrons. The normalized spacial score (nSPS) is 17.4. The van der Waals surface area contributed by atoms with Gasteiger partial charge in [0.25, 0.3) is 10.0 Å². The van der Waals surface area contributed by atoms with E-state index in [1.807, 2.05) is 6.07 Å². The van der Waals surface area contributed by atoms with Crippen LogP contribution in [0.2, 0.25) is 0 Å². The molecule has 1 saturated carbocycles. The van der Waals surface area contributed by atoms with Gasteiger partial charge in [-0.1, -0.05) is 5.16 Å². The molecule has 1 atom stereocenters. The first-order valence-corrected chi connectivity index (χ1v) is 14.1. The summed E-state index contributed by atoms with van der Waals surface area (Å²) in [6, 6.07) is 8.63. The van der Waals surface area contributed by atoms with E-state index in [1.54, 1.807) is 24.3 Å². The number of fused-ring (bicyclic) bond motifs is 1. The molecule has 13 heteroatoms. The maximum atomic E-state index is 13.6. The van der Waals surface area contributed by atoms with Crippen LogP contribution in [0.4, 0.5) is 17.3 Å². The van der Waals surface area contributed by atoms with Crippen molar-refractivity contribution in [1.82, 2.24) is 15.4 Å². The first-order valence-electron chi connectivity index (χ1n) is 12.6. The summed E-state index contributed by atoms with van der Waals surface area (Å²) in [7, 11) is 0.126. The molecule has 2 aromatic carbocycles. The number of aromatic nitrogens is 3. The number of sulfonamides is 1. The van der Waals surface area contributed by atoms with Gasteiger partial charge in [0.15, 0.2) is 22.1 Å². The standard InChI is InChI=1S/C26H29N5O7S/c1-34-21-11-16-20(12-18(21)27-24-13-17(28-29-24)14-6-7-14)38-30-26(16)31-39(32,33)25-22(35-2)9-15(10-23(25)36-3)19-5-4-8-37-19/h9-14,19H,4-8H2,1-3H3,(H,30,31)(H2,27,28,29). The Bertz CT molecular complexity index is 1600. The highest BCUT2D eigenvalue weighted by Crippen LogP contribution is 2.42. The zero-order valence-corrected chi connectivity index (χ0v) is 22.6. The molecule has 1 aliphatic heterocycles. The highest BCUT2D eigenvalue weighted by Gasteiger charge is 2.30. The van der Waals surface area contributed by atoms with Gasteiger partial charge in [-0.3, -0.25) is 9.82 Å². The number of methoxy groups -OCH3 is 3. The van der Waals surface area contributed by atoms with E-state index in [4.69, 9.17) is 23.5 Å². The third-order valence-electron chi connectivity index (χ3n) is 6.95. The third-order valence-corrected chi connectivity index (χ3v) is 8.36. The van der Waals surface area contributed by atoms with Crippen molar-refractivity contribution >= 4 is 38.3 Å². The zero-order valence-electron chi connectivity index (χ0n) is 21.7. The number of benzene rings is 2. The fourth-order valence-corrected chi connectivity index (χ4v) is 6.13. The van der Waals surface area contributed by atoms with Crippen LogP contribution in [-0.4, -0.2) is 51.7 Å². The molecule has 1 saturated heterocycles. The van der Waals surface area contributed by atoms with Crippen LogP contribution in [0.15, 0.2) is 39.8 Å². The highest BCUT2D eigenvalue weighted by molar-refractivity contribution is 7.93. The molecule has 0 amide bonds. The molecule has 1 aliphatic carbocycles. The molecule has 0 spiro atoms. The van der Waals surface area contributed by atoms with Gasteiger partial charge in [-0.15, -0.1) is 0 Å². The average molecular weight is 556 g/mol. The summed E-state index contributed by atoms with van der Waals surface area (Å²) in [5.74, 6) is 1.89. The number of H-pyrrole nitrogens is 1. The van der Waals surface area contributed by atoms with Crippen LogP contribution in [0.5, 0.6) is 17.2 Å². The SMILES string of the molecule is COc1cc2c(NS(=O)(=O)c3c(OC)cc(C4CCCO4)cc3OC)noc2cc1Nc1cc(C2CC2)[nH]n1. The molecule has 2 fully saturated rings. The lowest BCUT2D eigenvalue weighted by Crippen LogP contribution is -2.16. The molecule has 12 nitrogen and oxygen atoms in total. The Morgan fingerprint density at radius 3 is 2.36 bits per heavy atom. The predicted octanol–water partition coefficient (Wildman–Crippen LogP) is 4.85. The van der Waals surface area contributed by atoms with E-state index >= 15 is 0 Å². The monoisotopic (exact) mass is 555 g/mol. The molecule has 2 aliphatic rings. The van der Waals surface area contributed by atoms with Crippen LogP contribution in [-0.2, 0) is 14.8 Å². The summed E-state index contributed by atoms with van der Waals surface area (Å²) in [5, 5.41) is 15.0. The topological polar surface area (TPSA) is 150 Å². The molecule has 1 unspecified atom stereocenters. The molecular weight excluding hydrogens is 526 g/mol. The van der Waals surface area contributed by atoms with E-state index in [0.717, 1.165) is 36.9 Å². The molecule has 0 bridgehead atoms. The Morgan fingerprint density at radius 1 is 0.974 bits per heavy atom. The van der Waals surface area contributed by atoms with E-state index in [9.17, 15) is 8.42 Å². The van der Waals surface area contributed by atoms with Gasteiger partial charge in [-0.2, -0.15) is 5.10 Å². The molecule has 4 aromatic rings. The van der Waals surface area contributed by atoms with E-state index in [1.165, 1.54) is 21.3 Å². The Labute approximate surface area is 225 Å². The maximum absolute atomic E-state index is 13.6. The summed E-state index contributed by atoms with van der Waals surface area (Å²) in [4.78, 5) is -0.152. The Morgan fingerprint density at radius 2 is 1.72 bits per heavy atom. The van der Waals surface area contributed by atoms with Gasteiger partial charge < -0.3 is 28.8 Å². The summed E-state index contributed by atoms with van der Waals surface area (Å²) < 4.78 is 57.5. The van der Waals surface area contributed by atoms with Crippen molar-refractivity contribution in [1.29, 1.82) is 0 Å². The number of hydrogen-bond donors (Lipinski definition) is 3. The minimum Gasteiger partial charge on any atom is -0.495 e. The number of ether oxygens (including phenoxy) is 4. The Hall–Kier alpha value is -3.97. The molecule has 3 heterocycles. The molecule has 6 rings (SSSR count). The second kappa shape index (κ2) is 9.97. The van der Waals surface area contributed by atoms with Gasteiger partial charge in [-0.05, 0) is 49.4 Å². The van der Waals surface area contributed by atoms with Crippen molar-refractivity contribution in [3.63, 3.8) is 0 Å². The summed E-state index contributed by atoms with van der Waals surface area (Å²) >= 11 is 0. The lowest BCUT2D eigenvalue weighted by molar-refractivity contribution is 0.111. The molecular formula is C26H29N5O7S. The van der Waals surface area contributed by atoms with Crippen molar-refractivity contribution in [2.75, 3.05) is 38.0 Å². The summed E-state index contributed by atoms with van der Waals surface area (Å²) in [5.41, 5.74) is 2.82. The molecule has 2 aromatic heterocycles. The maximum Gasteiger partial charge on any atom is 0.270 e. The number of aromatic amines is 1. The minimum atomic E-state index is -4.21. The van der Waals surface area contributed by atoms with Crippen LogP contribution in [0.3, 0.4) is 0 Å².